The molecular weight excluding hydrogens is 236 g/mol. The zero-order chi connectivity index (χ0) is 12.4. The minimum absolute atomic E-state index is 0.600. The number of aromatic nitrogens is 1. The summed E-state index contributed by atoms with van der Waals surface area (Å²) in [5.74, 6) is -1.02. The summed E-state index contributed by atoms with van der Waals surface area (Å²) in [7, 11) is 0. The molecule has 1 aromatic carbocycles. The Morgan fingerprint density at radius 2 is 2.06 bits per heavy atom. The van der Waals surface area contributed by atoms with E-state index in [-0.39, 0.29) is 0 Å². The van der Waals surface area contributed by atoms with E-state index in [1.54, 1.807) is 29.0 Å². The lowest BCUT2D eigenvalue weighted by Crippen LogP contribution is -2.20. The lowest BCUT2D eigenvalue weighted by Gasteiger charge is -2.07. The highest BCUT2D eigenvalue weighted by atomic mass is 32.1. The summed E-state index contributed by atoms with van der Waals surface area (Å²) >= 11 is 1.56. The molecule has 0 saturated carbocycles. The van der Waals surface area contributed by atoms with Crippen LogP contribution in [0.1, 0.15) is 17.3 Å². The molecule has 0 radical (unpaired) electrons. The lowest BCUT2D eigenvalue weighted by molar-refractivity contribution is -0.138. The molecule has 0 spiro atoms. The Labute approximate surface area is 103 Å². The van der Waals surface area contributed by atoms with E-state index in [1.807, 2.05) is 19.1 Å². The molecule has 0 saturated heterocycles. The number of aryl methyl sites for hydroxylation is 1. The maximum Gasteiger partial charge on any atom is 0.325 e. The third kappa shape index (κ3) is 2.35. The van der Waals surface area contributed by atoms with Crippen LogP contribution in [-0.2, 0) is 4.79 Å². The van der Waals surface area contributed by atoms with Crippen molar-refractivity contribution in [1.29, 1.82) is 0 Å². The predicted molar refractivity (Wildman–Crippen MR) is 66.9 cm³/mol. The molecule has 3 N–H and O–H groups in total. The van der Waals surface area contributed by atoms with Gasteiger partial charge < -0.3 is 10.8 Å². The molecule has 0 aliphatic carbocycles. The molecule has 4 nitrogen and oxygen atoms in total. The molecule has 0 aliphatic rings. The van der Waals surface area contributed by atoms with Gasteiger partial charge in [-0.05, 0) is 18.1 Å². The highest BCUT2D eigenvalue weighted by molar-refractivity contribution is 7.13. The second-order valence-electron chi connectivity index (χ2n) is 3.70. The van der Waals surface area contributed by atoms with Crippen LogP contribution in [0.2, 0.25) is 0 Å². The van der Waals surface area contributed by atoms with Crippen molar-refractivity contribution in [3.8, 4) is 10.4 Å². The van der Waals surface area contributed by atoms with Crippen LogP contribution in [0.5, 0.6) is 0 Å². The molecule has 2 rings (SSSR count). The average molecular weight is 248 g/mol. The van der Waals surface area contributed by atoms with Crippen molar-refractivity contribution in [3.05, 3.63) is 41.0 Å². The van der Waals surface area contributed by atoms with Crippen LogP contribution in [0.15, 0.2) is 29.8 Å². The van der Waals surface area contributed by atoms with Gasteiger partial charge in [-0.15, -0.1) is 11.3 Å². The van der Waals surface area contributed by atoms with Crippen molar-refractivity contribution >= 4 is 17.3 Å². The minimum Gasteiger partial charge on any atom is -0.480 e. The quantitative estimate of drug-likeness (QED) is 0.873. The first-order valence-electron chi connectivity index (χ1n) is 5.08. The van der Waals surface area contributed by atoms with Gasteiger partial charge in [0.25, 0.3) is 0 Å². The van der Waals surface area contributed by atoms with E-state index >= 15 is 0 Å². The van der Waals surface area contributed by atoms with E-state index in [2.05, 4.69) is 4.98 Å². The number of carbonyl (C=O) groups is 1. The standard InChI is InChI=1S/C12H12N2O2S/c1-7-11(17-6-14-7)9-4-2-8(3-5-9)10(13)12(15)16/h2-6,10H,13H2,1H3,(H,15,16)/t10-/m1/s1. The average Bonchev–Trinajstić information content (AvgIpc) is 2.74. The number of rotatable bonds is 3. The first kappa shape index (κ1) is 11.8. The van der Waals surface area contributed by atoms with Crippen molar-refractivity contribution < 1.29 is 9.90 Å². The van der Waals surface area contributed by atoms with Crippen LogP contribution in [0.25, 0.3) is 10.4 Å². The largest absolute Gasteiger partial charge is 0.480 e. The Morgan fingerprint density at radius 1 is 1.41 bits per heavy atom. The Kier molecular flexibility index (Phi) is 3.21. The monoisotopic (exact) mass is 248 g/mol. The second-order valence-corrected chi connectivity index (χ2v) is 4.56. The topological polar surface area (TPSA) is 76.2 Å². The summed E-state index contributed by atoms with van der Waals surface area (Å²) in [6, 6.07) is 6.27. The van der Waals surface area contributed by atoms with Crippen LogP contribution >= 0.6 is 11.3 Å². The number of aliphatic carboxylic acids is 1. The maximum atomic E-state index is 10.7. The normalized spacial score (nSPS) is 12.4. The summed E-state index contributed by atoms with van der Waals surface area (Å²) in [6.45, 7) is 1.95. The molecule has 1 atom stereocenters. The molecule has 0 fully saturated rings. The Morgan fingerprint density at radius 3 is 2.53 bits per heavy atom. The predicted octanol–water partition coefficient (Wildman–Crippen LogP) is 2.20. The van der Waals surface area contributed by atoms with Gasteiger partial charge >= 0.3 is 5.97 Å². The van der Waals surface area contributed by atoms with Gasteiger partial charge in [0.15, 0.2) is 0 Å². The summed E-state index contributed by atoms with van der Waals surface area (Å²) in [4.78, 5) is 16.0. The molecular formula is C12H12N2O2S. The molecule has 2 aromatic rings. The summed E-state index contributed by atoms with van der Waals surface area (Å²) in [5.41, 5.74) is 9.93. The van der Waals surface area contributed by atoms with Crippen molar-refractivity contribution in [3.63, 3.8) is 0 Å². The van der Waals surface area contributed by atoms with Crippen LogP contribution in [0.4, 0.5) is 0 Å². The molecule has 0 bridgehead atoms. The van der Waals surface area contributed by atoms with Gasteiger partial charge in [0.05, 0.1) is 16.1 Å². The van der Waals surface area contributed by atoms with E-state index in [0.29, 0.717) is 5.56 Å². The fraction of sp³-hybridized carbons (Fsp3) is 0.167. The van der Waals surface area contributed by atoms with Gasteiger partial charge in [-0.3, -0.25) is 4.79 Å². The fourth-order valence-corrected chi connectivity index (χ4v) is 2.38. The van der Waals surface area contributed by atoms with Gasteiger partial charge in [-0.25, -0.2) is 4.98 Å². The van der Waals surface area contributed by atoms with Gasteiger partial charge in [0, 0.05) is 0 Å². The molecule has 0 unspecified atom stereocenters. The van der Waals surface area contributed by atoms with Crippen LogP contribution in [0, 0.1) is 6.92 Å². The van der Waals surface area contributed by atoms with Crippen LogP contribution in [0.3, 0.4) is 0 Å². The van der Waals surface area contributed by atoms with Gasteiger partial charge in [-0.1, -0.05) is 24.3 Å². The van der Waals surface area contributed by atoms with Crippen molar-refractivity contribution in [2.24, 2.45) is 5.73 Å². The third-order valence-electron chi connectivity index (χ3n) is 2.54. The molecule has 0 amide bonds. The Balaban J connectivity index is 2.31. The van der Waals surface area contributed by atoms with Crippen LogP contribution < -0.4 is 5.73 Å². The molecule has 5 heteroatoms. The van der Waals surface area contributed by atoms with E-state index in [1.165, 1.54) is 0 Å². The molecule has 88 valence electrons. The number of nitrogens with two attached hydrogens (primary N) is 1. The number of thiazole rings is 1. The number of benzene rings is 1. The zero-order valence-electron chi connectivity index (χ0n) is 9.25. The zero-order valence-corrected chi connectivity index (χ0v) is 10.1. The second kappa shape index (κ2) is 4.65. The fourth-order valence-electron chi connectivity index (χ4n) is 1.56. The van der Waals surface area contributed by atoms with Crippen LogP contribution in [-0.4, -0.2) is 16.1 Å². The van der Waals surface area contributed by atoms with E-state index in [4.69, 9.17) is 10.8 Å². The molecule has 1 heterocycles. The number of nitrogens with zero attached hydrogens (tertiary/aromatic N) is 1. The maximum absolute atomic E-state index is 10.7. The van der Waals surface area contributed by atoms with Gasteiger partial charge in [-0.2, -0.15) is 0 Å². The Hall–Kier alpha value is -1.72. The molecule has 17 heavy (non-hydrogen) atoms. The number of hydrogen-bond donors (Lipinski definition) is 2. The van der Waals surface area contributed by atoms with Crippen molar-refractivity contribution in [2.45, 2.75) is 13.0 Å². The molecule has 1 aromatic heterocycles. The smallest absolute Gasteiger partial charge is 0.325 e. The number of carboxylic acids is 1. The summed E-state index contributed by atoms with van der Waals surface area (Å²) < 4.78 is 0. The minimum atomic E-state index is -1.02. The highest BCUT2D eigenvalue weighted by Crippen LogP contribution is 2.27. The summed E-state index contributed by atoms with van der Waals surface area (Å²) in [5, 5.41) is 8.80. The number of hydrogen-bond acceptors (Lipinski definition) is 4. The van der Waals surface area contributed by atoms with E-state index < -0.39 is 12.0 Å². The van der Waals surface area contributed by atoms with Crippen molar-refractivity contribution in [1.82, 2.24) is 4.98 Å². The van der Waals surface area contributed by atoms with Gasteiger partial charge in [0.1, 0.15) is 6.04 Å². The molecule has 0 aliphatic heterocycles. The summed E-state index contributed by atoms with van der Waals surface area (Å²) in [6.07, 6.45) is 0. The third-order valence-corrected chi connectivity index (χ3v) is 3.52. The van der Waals surface area contributed by atoms with Crippen molar-refractivity contribution in [2.75, 3.05) is 0 Å². The lowest BCUT2D eigenvalue weighted by atomic mass is 10.0. The van der Waals surface area contributed by atoms with Gasteiger partial charge in [0.2, 0.25) is 0 Å². The first-order valence-corrected chi connectivity index (χ1v) is 5.96. The van der Waals surface area contributed by atoms with E-state index in [0.717, 1.165) is 16.1 Å². The number of carboxylic acid groups (broad SMARTS) is 1. The Bertz CT molecular complexity index is 534. The van der Waals surface area contributed by atoms with E-state index in [9.17, 15) is 4.79 Å². The SMILES string of the molecule is Cc1ncsc1-c1ccc([C@@H](N)C(=O)O)cc1. The highest BCUT2D eigenvalue weighted by Gasteiger charge is 2.14. The first-order chi connectivity index (χ1) is 8.09.